The summed E-state index contributed by atoms with van der Waals surface area (Å²) >= 11 is 6.23. The number of aryl methyl sites for hydroxylation is 2. The molecule has 0 radical (unpaired) electrons. The summed E-state index contributed by atoms with van der Waals surface area (Å²) in [6.45, 7) is 7.45. The van der Waals surface area contributed by atoms with Crippen molar-refractivity contribution in [3.63, 3.8) is 0 Å². The predicted molar refractivity (Wildman–Crippen MR) is 73.6 cm³/mol. The molecule has 0 fully saturated rings. The fourth-order valence-corrected chi connectivity index (χ4v) is 2.53. The highest BCUT2D eigenvalue weighted by Gasteiger charge is 2.13. The normalized spacial score (nSPS) is 13.0. The van der Waals surface area contributed by atoms with Crippen LogP contribution in [0.15, 0.2) is 0 Å². The molecule has 0 aliphatic carbocycles. The number of nitrogens with zero attached hydrogens (tertiary/aromatic N) is 2. The molecule has 0 aromatic carbocycles. The first kappa shape index (κ1) is 14.5. The second-order valence-corrected chi connectivity index (χ2v) is 4.92. The molecule has 1 aromatic heterocycles. The van der Waals surface area contributed by atoms with Crippen molar-refractivity contribution in [2.24, 2.45) is 7.05 Å². The average molecular weight is 258 g/mol. The second kappa shape index (κ2) is 7.02. The lowest BCUT2D eigenvalue weighted by atomic mass is 10.0. The van der Waals surface area contributed by atoms with Gasteiger partial charge in [0.1, 0.15) is 5.15 Å². The first-order valence-electron chi connectivity index (χ1n) is 6.51. The standard InChI is InChI=1S/C13H24ClN3/c1-5-7-11(15-6-2)8-9-12-10(3)16-17(4)13(12)14/h11,15H,5-9H2,1-4H3. The van der Waals surface area contributed by atoms with E-state index in [-0.39, 0.29) is 0 Å². The summed E-state index contributed by atoms with van der Waals surface area (Å²) in [5, 5.41) is 8.66. The molecule has 1 aromatic rings. The minimum absolute atomic E-state index is 0.598. The van der Waals surface area contributed by atoms with Crippen LogP contribution in [-0.2, 0) is 13.5 Å². The van der Waals surface area contributed by atoms with Gasteiger partial charge in [-0.25, -0.2) is 0 Å². The molecule has 98 valence electrons. The highest BCUT2D eigenvalue weighted by Crippen LogP contribution is 2.21. The SMILES string of the molecule is CCCC(CCc1c(C)nn(C)c1Cl)NCC. The Morgan fingerprint density at radius 3 is 2.53 bits per heavy atom. The molecule has 0 bridgehead atoms. The van der Waals surface area contributed by atoms with E-state index < -0.39 is 0 Å². The van der Waals surface area contributed by atoms with Gasteiger partial charge in [0, 0.05) is 18.7 Å². The Balaban J connectivity index is 2.58. The zero-order valence-corrected chi connectivity index (χ0v) is 12.1. The fourth-order valence-electron chi connectivity index (χ4n) is 2.26. The van der Waals surface area contributed by atoms with E-state index in [0.29, 0.717) is 6.04 Å². The van der Waals surface area contributed by atoms with Crippen LogP contribution in [0.5, 0.6) is 0 Å². The maximum atomic E-state index is 6.23. The van der Waals surface area contributed by atoms with Gasteiger partial charge in [-0.3, -0.25) is 4.68 Å². The largest absolute Gasteiger partial charge is 0.314 e. The second-order valence-electron chi connectivity index (χ2n) is 4.56. The molecule has 17 heavy (non-hydrogen) atoms. The lowest BCUT2D eigenvalue weighted by molar-refractivity contribution is 0.459. The molecule has 0 saturated heterocycles. The van der Waals surface area contributed by atoms with Crippen molar-refractivity contribution in [2.45, 2.75) is 52.5 Å². The summed E-state index contributed by atoms with van der Waals surface area (Å²) in [4.78, 5) is 0. The topological polar surface area (TPSA) is 29.9 Å². The Kier molecular flexibility index (Phi) is 6.00. The van der Waals surface area contributed by atoms with E-state index in [1.54, 1.807) is 4.68 Å². The quantitative estimate of drug-likeness (QED) is 0.814. The molecule has 3 nitrogen and oxygen atoms in total. The van der Waals surface area contributed by atoms with Crippen LogP contribution in [0.2, 0.25) is 5.15 Å². The Hall–Kier alpha value is -0.540. The number of nitrogens with one attached hydrogen (secondary N) is 1. The van der Waals surface area contributed by atoms with E-state index in [9.17, 15) is 0 Å². The van der Waals surface area contributed by atoms with Crippen LogP contribution in [0.25, 0.3) is 0 Å². The van der Waals surface area contributed by atoms with Crippen LogP contribution in [0, 0.1) is 6.92 Å². The highest BCUT2D eigenvalue weighted by atomic mass is 35.5. The summed E-state index contributed by atoms with van der Waals surface area (Å²) < 4.78 is 1.76. The molecule has 1 heterocycles. The monoisotopic (exact) mass is 257 g/mol. The van der Waals surface area contributed by atoms with Crippen LogP contribution >= 0.6 is 11.6 Å². The van der Waals surface area contributed by atoms with E-state index in [1.165, 1.54) is 18.4 Å². The number of rotatable bonds is 7. The van der Waals surface area contributed by atoms with Crippen molar-refractivity contribution in [1.82, 2.24) is 15.1 Å². The van der Waals surface area contributed by atoms with Gasteiger partial charge < -0.3 is 5.32 Å². The number of hydrogen-bond donors (Lipinski definition) is 1. The van der Waals surface area contributed by atoms with E-state index >= 15 is 0 Å². The number of halogens is 1. The van der Waals surface area contributed by atoms with E-state index in [1.807, 2.05) is 14.0 Å². The van der Waals surface area contributed by atoms with Gasteiger partial charge in [0.25, 0.3) is 0 Å². The molecule has 0 aliphatic rings. The summed E-state index contributed by atoms with van der Waals surface area (Å²) in [5.74, 6) is 0. The van der Waals surface area contributed by atoms with Gasteiger partial charge in [0.05, 0.1) is 5.69 Å². The molecule has 0 aliphatic heterocycles. The Morgan fingerprint density at radius 1 is 1.35 bits per heavy atom. The van der Waals surface area contributed by atoms with E-state index in [4.69, 9.17) is 11.6 Å². The summed E-state index contributed by atoms with van der Waals surface area (Å²) in [6.07, 6.45) is 4.59. The van der Waals surface area contributed by atoms with Gasteiger partial charge in [0.15, 0.2) is 0 Å². The van der Waals surface area contributed by atoms with Crippen LogP contribution in [0.1, 0.15) is 44.4 Å². The smallest absolute Gasteiger partial charge is 0.130 e. The third-order valence-electron chi connectivity index (χ3n) is 3.14. The molecule has 0 saturated carbocycles. The van der Waals surface area contributed by atoms with Gasteiger partial charge >= 0.3 is 0 Å². The molecule has 0 spiro atoms. The molecule has 1 atom stereocenters. The molecule has 1 N–H and O–H groups in total. The lowest BCUT2D eigenvalue weighted by Crippen LogP contribution is -2.29. The van der Waals surface area contributed by atoms with E-state index in [0.717, 1.165) is 30.2 Å². The molecule has 1 rings (SSSR count). The third kappa shape index (κ3) is 4.00. The van der Waals surface area contributed by atoms with Crippen LogP contribution in [0.3, 0.4) is 0 Å². The summed E-state index contributed by atoms with van der Waals surface area (Å²) in [5.41, 5.74) is 2.26. The van der Waals surface area contributed by atoms with Crippen molar-refractivity contribution in [1.29, 1.82) is 0 Å². The molecular weight excluding hydrogens is 234 g/mol. The Bertz CT molecular complexity index is 341. The van der Waals surface area contributed by atoms with Gasteiger partial charge in [-0.2, -0.15) is 5.10 Å². The van der Waals surface area contributed by atoms with Crippen molar-refractivity contribution in [2.75, 3.05) is 6.54 Å². The van der Waals surface area contributed by atoms with Crippen molar-refractivity contribution in [3.8, 4) is 0 Å². The number of hydrogen-bond acceptors (Lipinski definition) is 2. The summed E-state index contributed by atoms with van der Waals surface area (Å²) in [6, 6.07) is 0.598. The maximum Gasteiger partial charge on any atom is 0.130 e. The third-order valence-corrected chi connectivity index (χ3v) is 3.62. The molecule has 0 amide bonds. The minimum atomic E-state index is 0.598. The van der Waals surface area contributed by atoms with Gasteiger partial charge in [0.2, 0.25) is 0 Å². The molecule has 1 unspecified atom stereocenters. The fraction of sp³-hybridized carbons (Fsp3) is 0.769. The average Bonchev–Trinajstić information content (AvgIpc) is 2.51. The van der Waals surface area contributed by atoms with E-state index in [2.05, 4.69) is 24.3 Å². The minimum Gasteiger partial charge on any atom is -0.314 e. The van der Waals surface area contributed by atoms with Gasteiger partial charge in [-0.05, 0) is 32.7 Å². The zero-order chi connectivity index (χ0) is 12.8. The van der Waals surface area contributed by atoms with Gasteiger partial charge in [-0.1, -0.05) is 31.9 Å². The maximum absolute atomic E-state index is 6.23. The first-order chi connectivity index (χ1) is 8.10. The van der Waals surface area contributed by atoms with Crippen LogP contribution in [0.4, 0.5) is 0 Å². The lowest BCUT2D eigenvalue weighted by Gasteiger charge is -2.16. The highest BCUT2D eigenvalue weighted by molar-refractivity contribution is 6.30. The van der Waals surface area contributed by atoms with Crippen molar-refractivity contribution >= 4 is 11.6 Å². The number of aromatic nitrogens is 2. The predicted octanol–water partition coefficient (Wildman–Crippen LogP) is 3.09. The van der Waals surface area contributed by atoms with Crippen molar-refractivity contribution in [3.05, 3.63) is 16.4 Å². The van der Waals surface area contributed by atoms with Crippen LogP contribution in [-0.4, -0.2) is 22.4 Å². The van der Waals surface area contributed by atoms with Crippen molar-refractivity contribution < 1.29 is 0 Å². The zero-order valence-electron chi connectivity index (χ0n) is 11.4. The van der Waals surface area contributed by atoms with Crippen LogP contribution < -0.4 is 5.32 Å². The van der Waals surface area contributed by atoms with Gasteiger partial charge in [-0.15, -0.1) is 0 Å². The molecular formula is C13H24ClN3. The Labute approximate surface area is 110 Å². The summed E-state index contributed by atoms with van der Waals surface area (Å²) in [7, 11) is 1.90. The Morgan fingerprint density at radius 2 is 2.06 bits per heavy atom. The first-order valence-corrected chi connectivity index (χ1v) is 6.89. The molecule has 4 heteroatoms.